The smallest absolute Gasteiger partial charge is 0.744 e. The molecule has 48 heavy (non-hydrogen) atoms. The molecule has 0 atom stereocenters. The summed E-state index contributed by atoms with van der Waals surface area (Å²) in [4.78, 5) is 11.5. The normalized spacial score (nSPS) is 11.6. The van der Waals surface area contributed by atoms with Gasteiger partial charge in [0.1, 0.15) is 31.6 Å². The number of rotatable bonds is 9. The number of azo groups is 1. The van der Waals surface area contributed by atoms with Crippen molar-refractivity contribution in [3.05, 3.63) is 65.2 Å². The van der Waals surface area contributed by atoms with Gasteiger partial charge in [0.2, 0.25) is 16.5 Å². The third-order valence-electron chi connectivity index (χ3n) is 6.17. The van der Waals surface area contributed by atoms with E-state index in [1.165, 1.54) is 17.0 Å². The molecule has 24 heteroatoms. The fraction of sp³-hybridized carbons (Fsp3) is 0.0417. The van der Waals surface area contributed by atoms with Crippen LogP contribution in [0.4, 0.5) is 23.0 Å². The molecule has 0 saturated heterocycles. The zero-order chi connectivity index (χ0) is 32.7. The van der Waals surface area contributed by atoms with Crippen molar-refractivity contribution >= 4 is 100 Å². The number of phenols is 1. The molecule has 4 aromatic carbocycles. The SMILES string of the molecule is CN(c1ccc2c(O)c(N=Nc3ccc4c(S(=O)(=O)[O-])cccc4c3S(=O)(=O)[O-])c(SOO[O-])cc2c1)c1nc(Cl)nc(Cl)n1.[Na+].[Na+].[Na+]. The fourth-order valence-electron chi connectivity index (χ4n) is 4.29. The van der Waals surface area contributed by atoms with Crippen molar-refractivity contribution in [2.24, 2.45) is 10.2 Å². The van der Waals surface area contributed by atoms with E-state index in [-0.39, 0.29) is 127 Å². The van der Waals surface area contributed by atoms with Crippen molar-refractivity contribution < 1.29 is 134 Å². The Kier molecular flexibility index (Phi) is 16.0. The molecule has 1 N–H and O–H groups in total. The van der Waals surface area contributed by atoms with Crippen molar-refractivity contribution in [3.63, 3.8) is 0 Å². The van der Waals surface area contributed by atoms with E-state index < -0.39 is 46.9 Å². The van der Waals surface area contributed by atoms with E-state index in [2.05, 4.69) is 34.6 Å². The Balaban J connectivity index is 0.00000267. The number of fused-ring (bicyclic) bond motifs is 2. The molecule has 0 saturated carbocycles. The first-order valence-electron chi connectivity index (χ1n) is 11.8. The van der Waals surface area contributed by atoms with Crippen LogP contribution in [0, 0.1) is 0 Å². The molecular formula is C24H13Cl2N6Na3O10S3. The van der Waals surface area contributed by atoms with E-state index in [0.29, 0.717) is 23.1 Å². The molecule has 0 spiro atoms. The summed E-state index contributed by atoms with van der Waals surface area (Å²) >= 11 is 12.1. The molecular weight excluding hydrogens is 768 g/mol. The first kappa shape index (κ1) is 43.4. The molecule has 0 bridgehead atoms. The summed E-state index contributed by atoms with van der Waals surface area (Å²) in [5.74, 6) is -0.396. The van der Waals surface area contributed by atoms with Crippen molar-refractivity contribution in [2.75, 3.05) is 11.9 Å². The van der Waals surface area contributed by atoms with Gasteiger partial charge in [0.05, 0.1) is 26.7 Å². The molecule has 0 radical (unpaired) electrons. The first-order chi connectivity index (χ1) is 21.2. The van der Waals surface area contributed by atoms with Crippen LogP contribution in [0.1, 0.15) is 0 Å². The Labute approximate surface area is 352 Å². The van der Waals surface area contributed by atoms with E-state index in [9.17, 15) is 36.3 Å². The van der Waals surface area contributed by atoms with Gasteiger partial charge in [-0.1, -0.05) is 18.2 Å². The van der Waals surface area contributed by atoms with Gasteiger partial charge in [-0.15, -0.1) is 10.2 Å². The third kappa shape index (κ3) is 9.56. The number of phenolic OH excluding ortho intramolecular Hbond substituents is 1. The maximum Gasteiger partial charge on any atom is 1.00 e. The molecule has 0 aliphatic heterocycles. The van der Waals surface area contributed by atoms with Gasteiger partial charge >= 0.3 is 88.7 Å². The van der Waals surface area contributed by atoms with Crippen LogP contribution >= 0.6 is 35.2 Å². The van der Waals surface area contributed by atoms with Crippen molar-refractivity contribution in [1.82, 2.24) is 15.0 Å². The van der Waals surface area contributed by atoms with Gasteiger partial charge in [0, 0.05) is 28.9 Å². The topological polar surface area (TPSA) is 243 Å². The summed E-state index contributed by atoms with van der Waals surface area (Å²) < 4.78 is 76.4. The average Bonchev–Trinajstić information content (AvgIpc) is 2.96. The second kappa shape index (κ2) is 17.6. The maximum atomic E-state index is 12.3. The van der Waals surface area contributed by atoms with Crippen LogP contribution in [0.5, 0.6) is 5.75 Å². The third-order valence-corrected chi connectivity index (χ3v) is 8.95. The molecule has 1 heterocycles. The fourth-order valence-corrected chi connectivity index (χ4v) is 6.65. The largest absolute Gasteiger partial charge is 1.00 e. The minimum Gasteiger partial charge on any atom is -0.744 e. The molecule has 0 aliphatic carbocycles. The molecule has 0 fully saturated rings. The zero-order valence-corrected chi connectivity index (χ0v) is 34.9. The van der Waals surface area contributed by atoms with Gasteiger partial charge in [0.15, 0.2) is 5.75 Å². The minimum atomic E-state index is -5.33. The van der Waals surface area contributed by atoms with Gasteiger partial charge in [0.25, 0.3) is 0 Å². The first-order valence-corrected chi connectivity index (χ1v) is 16.1. The van der Waals surface area contributed by atoms with E-state index >= 15 is 0 Å². The molecule has 0 unspecified atom stereocenters. The van der Waals surface area contributed by atoms with Crippen LogP contribution < -0.4 is 98.8 Å². The van der Waals surface area contributed by atoms with Gasteiger partial charge in [-0.05, 0) is 65.0 Å². The maximum absolute atomic E-state index is 12.3. The van der Waals surface area contributed by atoms with Crippen molar-refractivity contribution in [2.45, 2.75) is 14.7 Å². The summed E-state index contributed by atoms with van der Waals surface area (Å²) in [6.07, 6.45) is 0. The predicted molar refractivity (Wildman–Crippen MR) is 156 cm³/mol. The van der Waals surface area contributed by atoms with Gasteiger partial charge in [-0.25, -0.2) is 16.8 Å². The molecule has 0 amide bonds. The monoisotopic (exact) mass is 780 g/mol. The second-order valence-corrected chi connectivity index (χ2v) is 12.9. The van der Waals surface area contributed by atoms with Crippen LogP contribution in [0.15, 0.2) is 79.5 Å². The minimum absolute atomic E-state index is 0. The molecule has 5 aromatic rings. The number of anilines is 2. The zero-order valence-electron chi connectivity index (χ0n) is 25.0. The van der Waals surface area contributed by atoms with E-state index in [0.717, 1.165) is 30.3 Å². The van der Waals surface area contributed by atoms with Gasteiger partial charge in [-0.3, -0.25) is 5.04 Å². The quantitative estimate of drug-likeness (QED) is 0.0370. The van der Waals surface area contributed by atoms with Crippen LogP contribution in [0.3, 0.4) is 0 Å². The molecule has 234 valence electrons. The Bertz CT molecular complexity index is 2240. The van der Waals surface area contributed by atoms with Crippen LogP contribution in [0.2, 0.25) is 10.6 Å². The Morgan fingerprint density at radius 3 is 2.10 bits per heavy atom. The van der Waals surface area contributed by atoms with Crippen molar-refractivity contribution in [3.8, 4) is 5.75 Å². The van der Waals surface area contributed by atoms with Crippen LogP contribution in [-0.2, 0) is 29.6 Å². The number of aromatic hydroxyl groups is 1. The number of nitrogens with zero attached hydrogens (tertiary/aromatic N) is 6. The number of benzene rings is 4. The van der Waals surface area contributed by atoms with Gasteiger partial charge < -0.3 is 24.4 Å². The van der Waals surface area contributed by atoms with E-state index in [1.807, 2.05) is 0 Å². The summed E-state index contributed by atoms with van der Waals surface area (Å²) in [6.45, 7) is 0. The van der Waals surface area contributed by atoms with Crippen LogP contribution in [-0.4, -0.2) is 53.0 Å². The number of halogens is 2. The van der Waals surface area contributed by atoms with Crippen molar-refractivity contribution in [1.29, 1.82) is 0 Å². The second-order valence-electron chi connectivity index (χ2n) is 8.80. The van der Waals surface area contributed by atoms with E-state index in [4.69, 9.17) is 23.2 Å². The number of hydrogen-bond acceptors (Lipinski definition) is 17. The molecule has 1 aromatic heterocycles. The average molecular weight is 781 g/mol. The summed E-state index contributed by atoms with van der Waals surface area (Å²) in [5, 5.41) is 32.5. The Morgan fingerprint density at radius 1 is 0.854 bits per heavy atom. The molecule has 5 rings (SSSR count). The Hall–Kier alpha value is -0.760. The predicted octanol–water partition coefficient (Wildman–Crippen LogP) is -4.58. The van der Waals surface area contributed by atoms with E-state index in [1.54, 1.807) is 19.2 Å². The summed E-state index contributed by atoms with van der Waals surface area (Å²) in [5.41, 5.74) is -0.375. The number of aromatic nitrogens is 3. The molecule has 0 aliphatic rings. The summed E-state index contributed by atoms with van der Waals surface area (Å²) in [6, 6.07) is 11.3. The van der Waals surface area contributed by atoms with Gasteiger partial charge in [-0.2, -0.15) is 19.3 Å². The standard InChI is InChI=1S/C24H16Cl2N6O10S3.3Na/c1-32(24-28-22(25)27-23(26)29-24)12-5-6-13-11(9-12)10-17(43-42-41-34)19(20(13)33)31-30-16-8-7-14-15(21(16)45(38,39)40)3-2-4-18(14)44(35,36)37;;;/h2-10,33-34H,1H3,(H,35,36,37)(H,38,39,40);;;/q;3*+1/p-3. The molecule has 16 nitrogen and oxygen atoms in total. The number of hydrogen-bond donors (Lipinski definition) is 1. The van der Waals surface area contributed by atoms with Crippen LogP contribution in [0.25, 0.3) is 21.5 Å². The summed E-state index contributed by atoms with van der Waals surface area (Å²) in [7, 11) is -8.76. The Morgan fingerprint density at radius 2 is 1.50 bits per heavy atom.